The first-order valence-corrected chi connectivity index (χ1v) is 11.8. The number of allylic oxidation sites excluding steroid dienone is 2. The van der Waals surface area contributed by atoms with Crippen molar-refractivity contribution >= 4 is 23.3 Å². The first kappa shape index (κ1) is 21.8. The molecular formula is C27H28O6. The van der Waals surface area contributed by atoms with E-state index in [1.807, 2.05) is 36.4 Å². The molecular weight excluding hydrogens is 420 g/mol. The Morgan fingerprint density at radius 2 is 1.61 bits per heavy atom. The fourth-order valence-corrected chi connectivity index (χ4v) is 6.16. The third-order valence-electron chi connectivity index (χ3n) is 8.04. The van der Waals surface area contributed by atoms with Gasteiger partial charge in [0, 0.05) is 17.4 Å². The summed E-state index contributed by atoms with van der Waals surface area (Å²) in [6.45, 7) is 3.44. The zero-order valence-corrected chi connectivity index (χ0v) is 18.8. The summed E-state index contributed by atoms with van der Waals surface area (Å²) in [6.07, 6.45) is 3.70. The minimum absolute atomic E-state index is 0.0406. The average molecular weight is 449 g/mol. The molecule has 33 heavy (non-hydrogen) atoms. The summed E-state index contributed by atoms with van der Waals surface area (Å²) in [6, 6.07) is 9.35. The lowest BCUT2D eigenvalue weighted by molar-refractivity contribution is -0.143. The molecule has 3 aliphatic carbocycles. The van der Waals surface area contributed by atoms with Crippen LogP contribution in [0.25, 0.3) is 0 Å². The second kappa shape index (κ2) is 8.08. The van der Waals surface area contributed by atoms with Gasteiger partial charge in [-0.2, -0.15) is 0 Å². The van der Waals surface area contributed by atoms with Gasteiger partial charge in [0.25, 0.3) is 0 Å². The number of rotatable bonds is 3. The molecule has 1 fully saturated rings. The maximum Gasteiger partial charge on any atom is 0.306 e. The maximum absolute atomic E-state index is 13.8. The van der Waals surface area contributed by atoms with Gasteiger partial charge in [0.15, 0.2) is 11.6 Å². The van der Waals surface area contributed by atoms with E-state index in [2.05, 4.69) is 0 Å². The van der Waals surface area contributed by atoms with E-state index in [9.17, 15) is 24.3 Å². The van der Waals surface area contributed by atoms with E-state index in [4.69, 9.17) is 4.74 Å². The summed E-state index contributed by atoms with van der Waals surface area (Å²) in [4.78, 5) is 51.4. The summed E-state index contributed by atoms with van der Waals surface area (Å²) >= 11 is 0. The van der Waals surface area contributed by atoms with Crippen LogP contribution in [0.5, 0.6) is 0 Å². The highest BCUT2D eigenvalue weighted by Gasteiger charge is 2.55. The number of fused-ring (bicyclic) bond motifs is 2. The lowest BCUT2D eigenvalue weighted by Crippen LogP contribution is -2.48. The number of carbonyl (C=O) groups is 4. The van der Waals surface area contributed by atoms with Gasteiger partial charge in [-0.3, -0.25) is 19.2 Å². The van der Waals surface area contributed by atoms with E-state index in [0.29, 0.717) is 42.6 Å². The third kappa shape index (κ3) is 3.38. The van der Waals surface area contributed by atoms with Gasteiger partial charge in [-0.15, -0.1) is 0 Å². The van der Waals surface area contributed by atoms with Gasteiger partial charge >= 0.3 is 5.97 Å². The van der Waals surface area contributed by atoms with Crippen molar-refractivity contribution in [1.29, 1.82) is 0 Å². The molecule has 0 spiro atoms. The fourth-order valence-electron chi connectivity index (χ4n) is 6.16. The predicted molar refractivity (Wildman–Crippen MR) is 119 cm³/mol. The number of hydrogen-bond donors (Lipinski definition) is 1. The molecule has 5 atom stereocenters. The van der Waals surface area contributed by atoms with E-state index in [0.717, 1.165) is 5.56 Å². The molecule has 1 aliphatic heterocycles. The number of carbonyl (C=O) groups excluding carboxylic acids is 3. The van der Waals surface area contributed by atoms with E-state index < -0.39 is 35.7 Å². The monoisotopic (exact) mass is 448 g/mol. The molecule has 5 rings (SSSR count). The van der Waals surface area contributed by atoms with Gasteiger partial charge in [-0.1, -0.05) is 37.3 Å². The number of carboxylic acid groups (broad SMARTS) is 1. The van der Waals surface area contributed by atoms with Crippen LogP contribution in [0.1, 0.15) is 51.0 Å². The summed E-state index contributed by atoms with van der Waals surface area (Å²) in [5, 5.41) is 9.30. The number of hydrogen-bond acceptors (Lipinski definition) is 5. The lowest BCUT2D eigenvalue weighted by Gasteiger charge is -2.40. The highest BCUT2D eigenvalue weighted by Crippen LogP contribution is 2.51. The maximum atomic E-state index is 13.8. The second-order valence-electron chi connectivity index (χ2n) is 9.85. The summed E-state index contributed by atoms with van der Waals surface area (Å²) in [5.74, 6) is -3.26. The molecule has 0 radical (unpaired) electrons. The van der Waals surface area contributed by atoms with Crippen molar-refractivity contribution in [1.82, 2.24) is 0 Å². The molecule has 6 nitrogen and oxygen atoms in total. The molecule has 0 aromatic heterocycles. The zero-order valence-electron chi connectivity index (χ0n) is 18.8. The van der Waals surface area contributed by atoms with Crippen LogP contribution in [0.15, 0.2) is 53.3 Å². The van der Waals surface area contributed by atoms with Crippen molar-refractivity contribution in [2.24, 2.45) is 29.6 Å². The van der Waals surface area contributed by atoms with Gasteiger partial charge in [0.1, 0.15) is 11.9 Å². The molecule has 5 unspecified atom stereocenters. The number of Topliss-reactive ketones (excluding diaryl/α,β-unsaturated/α-hetero) is 3. The van der Waals surface area contributed by atoms with Crippen LogP contribution in [-0.4, -0.2) is 34.5 Å². The van der Waals surface area contributed by atoms with Crippen molar-refractivity contribution in [3.05, 3.63) is 58.9 Å². The van der Waals surface area contributed by atoms with Crippen LogP contribution in [0.4, 0.5) is 0 Å². The van der Waals surface area contributed by atoms with E-state index >= 15 is 0 Å². The number of aliphatic carboxylic acids is 1. The Hall–Kier alpha value is -3.02. The predicted octanol–water partition coefficient (Wildman–Crippen LogP) is 3.86. The van der Waals surface area contributed by atoms with Crippen molar-refractivity contribution < 1.29 is 29.0 Å². The van der Waals surface area contributed by atoms with Gasteiger partial charge in [0.2, 0.25) is 0 Å². The van der Waals surface area contributed by atoms with Crippen LogP contribution in [0.2, 0.25) is 0 Å². The molecule has 1 aromatic rings. The topological polar surface area (TPSA) is 97.7 Å². The molecule has 1 heterocycles. The standard InChI is InChI=1S/C27H28O6/c1-13-20-21(16-6-4-3-5-7-16)25(30)18-12-19(15-8-10-17(11-9-15)27(31)32)33-26(18)22(20)24(29)14(2)23(13)28/h3-7,12-15,17-18,21,26H,8-11H2,1-2H3,(H,31,32). The Morgan fingerprint density at radius 3 is 2.24 bits per heavy atom. The second-order valence-corrected chi connectivity index (χ2v) is 9.85. The minimum atomic E-state index is -0.764. The Kier molecular flexibility index (Phi) is 5.34. The van der Waals surface area contributed by atoms with Gasteiger partial charge in [-0.05, 0) is 49.8 Å². The van der Waals surface area contributed by atoms with Gasteiger partial charge < -0.3 is 9.84 Å². The van der Waals surface area contributed by atoms with Gasteiger partial charge in [0.05, 0.1) is 29.4 Å². The van der Waals surface area contributed by atoms with Gasteiger partial charge in [-0.25, -0.2) is 0 Å². The Balaban J connectivity index is 1.55. The summed E-state index contributed by atoms with van der Waals surface area (Å²) < 4.78 is 6.33. The Labute approximate surface area is 192 Å². The van der Waals surface area contributed by atoms with Crippen LogP contribution >= 0.6 is 0 Å². The molecule has 0 amide bonds. The fraction of sp³-hybridized carbons (Fsp3) is 0.481. The van der Waals surface area contributed by atoms with Crippen molar-refractivity contribution in [3.8, 4) is 0 Å². The molecule has 172 valence electrons. The molecule has 0 bridgehead atoms. The smallest absolute Gasteiger partial charge is 0.306 e. The molecule has 6 heteroatoms. The minimum Gasteiger partial charge on any atom is -0.489 e. The zero-order chi connectivity index (χ0) is 23.4. The number of ketones is 3. The van der Waals surface area contributed by atoms with Crippen LogP contribution < -0.4 is 0 Å². The largest absolute Gasteiger partial charge is 0.489 e. The van der Waals surface area contributed by atoms with Crippen LogP contribution in [-0.2, 0) is 23.9 Å². The average Bonchev–Trinajstić information content (AvgIpc) is 3.27. The molecule has 1 aromatic carbocycles. The van der Waals surface area contributed by atoms with Crippen LogP contribution in [0, 0.1) is 29.6 Å². The SMILES string of the molecule is CC1C(=O)C2=C(C(C)C1=O)C(c1ccccc1)C(=O)C1C=C(C3CCC(C(=O)O)CC3)OC21. The Morgan fingerprint density at radius 1 is 0.939 bits per heavy atom. The summed E-state index contributed by atoms with van der Waals surface area (Å²) in [5.41, 5.74) is 1.89. The third-order valence-corrected chi connectivity index (χ3v) is 8.04. The molecule has 0 saturated heterocycles. The molecule has 4 aliphatic rings. The van der Waals surface area contributed by atoms with E-state index in [-0.39, 0.29) is 29.2 Å². The number of benzene rings is 1. The Bertz CT molecular complexity index is 1090. The van der Waals surface area contributed by atoms with E-state index in [1.165, 1.54) is 0 Å². The number of ether oxygens (including phenoxy) is 1. The first-order chi connectivity index (χ1) is 15.8. The highest BCUT2D eigenvalue weighted by atomic mass is 16.5. The highest BCUT2D eigenvalue weighted by molar-refractivity contribution is 6.18. The van der Waals surface area contributed by atoms with Crippen LogP contribution in [0.3, 0.4) is 0 Å². The quantitative estimate of drug-likeness (QED) is 0.705. The normalized spacial score (nSPS) is 36.1. The first-order valence-electron chi connectivity index (χ1n) is 11.8. The molecule has 1 N–H and O–H groups in total. The van der Waals surface area contributed by atoms with E-state index in [1.54, 1.807) is 13.8 Å². The van der Waals surface area contributed by atoms with Crippen molar-refractivity contribution in [2.75, 3.05) is 0 Å². The lowest BCUT2D eigenvalue weighted by atomic mass is 9.62. The van der Waals surface area contributed by atoms with Crippen molar-refractivity contribution in [2.45, 2.75) is 51.6 Å². The van der Waals surface area contributed by atoms with Crippen molar-refractivity contribution in [3.63, 3.8) is 0 Å². The molecule has 1 saturated carbocycles. The number of carboxylic acids is 1. The summed E-state index contributed by atoms with van der Waals surface area (Å²) in [7, 11) is 0.